The molecule has 1 aliphatic rings. The number of halogens is 1. The Balaban J connectivity index is 1.76. The van der Waals surface area contributed by atoms with Gasteiger partial charge in [-0.25, -0.2) is 9.97 Å². The van der Waals surface area contributed by atoms with E-state index in [1.165, 1.54) is 0 Å². The Kier molecular flexibility index (Phi) is 4.35. The highest BCUT2D eigenvalue weighted by atomic mass is 35.5. The van der Waals surface area contributed by atoms with Gasteiger partial charge >= 0.3 is 0 Å². The number of aryl methyl sites for hydroxylation is 1. The molecule has 2 heterocycles. The van der Waals surface area contributed by atoms with Crippen LogP contribution in [0.3, 0.4) is 0 Å². The number of likely N-dealkylation sites (N-methyl/N-ethyl adjacent to an activating group) is 1. The monoisotopic (exact) mass is 327 g/mol. The summed E-state index contributed by atoms with van der Waals surface area (Å²) >= 11 is 6.11. The van der Waals surface area contributed by atoms with Crippen LogP contribution in [0, 0.1) is 18.3 Å². The molecule has 0 spiro atoms. The summed E-state index contributed by atoms with van der Waals surface area (Å²) in [5.74, 6) is 0.751. The van der Waals surface area contributed by atoms with E-state index in [2.05, 4.69) is 25.8 Å². The molecule has 2 aromatic rings. The average molecular weight is 328 g/mol. The normalized spacial score (nSPS) is 17.1. The van der Waals surface area contributed by atoms with E-state index in [0.29, 0.717) is 16.6 Å². The summed E-state index contributed by atoms with van der Waals surface area (Å²) in [4.78, 5) is 13.2. The van der Waals surface area contributed by atoms with Crippen LogP contribution in [0.4, 0.5) is 11.6 Å². The molecule has 0 aliphatic carbocycles. The van der Waals surface area contributed by atoms with Crippen LogP contribution in [-0.4, -0.2) is 36.1 Å². The molecule has 0 bridgehead atoms. The number of benzene rings is 1. The third kappa shape index (κ3) is 3.38. The molecule has 1 aliphatic heterocycles. The number of rotatable bonds is 3. The largest absolute Gasteiger partial charge is 0.369 e. The van der Waals surface area contributed by atoms with Crippen molar-refractivity contribution in [2.45, 2.75) is 19.4 Å². The standard InChI is InChI=1S/C17H18ClN5/c1-12-3-5-20-17(21-12)22(2)15-4-6-23(11-15)16-8-13(10-19)7-14(18)9-16/h3,5,7-9,15H,4,6,11H2,1-2H3. The van der Waals surface area contributed by atoms with Crippen LogP contribution in [0.1, 0.15) is 17.7 Å². The number of anilines is 2. The van der Waals surface area contributed by atoms with E-state index in [1.54, 1.807) is 12.3 Å². The second-order valence-corrected chi connectivity index (χ2v) is 6.24. The maximum atomic E-state index is 9.09. The quantitative estimate of drug-likeness (QED) is 0.867. The summed E-state index contributed by atoms with van der Waals surface area (Å²) in [7, 11) is 2.03. The van der Waals surface area contributed by atoms with E-state index in [1.807, 2.05) is 32.2 Å². The SMILES string of the molecule is Cc1ccnc(N(C)C2CCN(c3cc(Cl)cc(C#N)c3)C2)n1. The van der Waals surface area contributed by atoms with Crippen LogP contribution in [0.15, 0.2) is 30.5 Å². The third-order valence-electron chi connectivity index (χ3n) is 4.19. The summed E-state index contributed by atoms with van der Waals surface area (Å²) in [5, 5.41) is 9.69. The second kappa shape index (κ2) is 6.43. The van der Waals surface area contributed by atoms with Crippen molar-refractivity contribution in [1.82, 2.24) is 9.97 Å². The molecule has 23 heavy (non-hydrogen) atoms. The lowest BCUT2D eigenvalue weighted by Gasteiger charge is -2.25. The second-order valence-electron chi connectivity index (χ2n) is 5.81. The molecule has 6 heteroatoms. The lowest BCUT2D eigenvalue weighted by molar-refractivity contribution is 0.673. The maximum absolute atomic E-state index is 9.09. The van der Waals surface area contributed by atoms with E-state index in [0.717, 1.165) is 36.8 Å². The van der Waals surface area contributed by atoms with Gasteiger partial charge in [0.05, 0.1) is 17.7 Å². The van der Waals surface area contributed by atoms with Crippen molar-refractivity contribution < 1.29 is 0 Å². The average Bonchev–Trinajstić information content (AvgIpc) is 3.03. The Labute approximate surface area is 141 Å². The van der Waals surface area contributed by atoms with Gasteiger partial charge < -0.3 is 9.80 Å². The van der Waals surface area contributed by atoms with Gasteiger partial charge in [0.15, 0.2) is 0 Å². The molecule has 118 valence electrons. The first kappa shape index (κ1) is 15.6. The molecule has 1 unspecified atom stereocenters. The first-order chi connectivity index (χ1) is 11.1. The molecular formula is C17H18ClN5. The van der Waals surface area contributed by atoms with Gasteiger partial charge in [0, 0.05) is 42.7 Å². The number of nitrogens with zero attached hydrogens (tertiary/aromatic N) is 5. The lowest BCUT2D eigenvalue weighted by atomic mass is 10.2. The molecule has 5 nitrogen and oxygen atoms in total. The number of hydrogen-bond acceptors (Lipinski definition) is 5. The zero-order chi connectivity index (χ0) is 16.4. The van der Waals surface area contributed by atoms with Gasteiger partial charge in [-0.1, -0.05) is 11.6 Å². The zero-order valence-electron chi connectivity index (χ0n) is 13.2. The molecule has 0 saturated carbocycles. The Morgan fingerprint density at radius 2 is 2.22 bits per heavy atom. The van der Waals surface area contributed by atoms with Gasteiger partial charge in [-0.3, -0.25) is 0 Å². The van der Waals surface area contributed by atoms with Crippen molar-refractivity contribution in [2.24, 2.45) is 0 Å². The Bertz CT molecular complexity index is 755. The molecule has 0 radical (unpaired) electrons. The minimum Gasteiger partial charge on any atom is -0.369 e. The highest BCUT2D eigenvalue weighted by Crippen LogP contribution is 2.27. The summed E-state index contributed by atoms with van der Waals surface area (Å²) in [6, 6.07) is 9.87. The van der Waals surface area contributed by atoms with Crippen LogP contribution in [-0.2, 0) is 0 Å². The van der Waals surface area contributed by atoms with E-state index < -0.39 is 0 Å². The molecular weight excluding hydrogens is 310 g/mol. The van der Waals surface area contributed by atoms with Crippen molar-refractivity contribution >= 4 is 23.2 Å². The van der Waals surface area contributed by atoms with Crippen LogP contribution < -0.4 is 9.80 Å². The van der Waals surface area contributed by atoms with Gasteiger partial charge in [-0.2, -0.15) is 5.26 Å². The molecule has 1 atom stereocenters. The predicted molar refractivity (Wildman–Crippen MR) is 92.0 cm³/mol. The van der Waals surface area contributed by atoms with E-state index >= 15 is 0 Å². The van der Waals surface area contributed by atoms with Crippen molar-refractivity contribution in [3.63, 3.8) is 0 Å². The molecule has 1 aromatic carbocycles. The minimum atomic E-state index is 0.335. The summed E-state index contributed by atoms with van der Waals surface area (Å²) in [6.07, 6.45) is 2.80. The van der Waals surface area contributed by atoms with Crippen molar-refractivity contribution in [3.05, 3.63) is 46.7 Å². The van der Waals surface area contributed by atoms with Gasteiger partial charge in [-0.15, -0.1) is 0 Å². The van der Waals surface area contributed by atoms with Gasteiger partial charge in [0.25, 0.3) is 0 Å². The summed E-state index contributed by atoms with van der Waals surface area (Å²) in [6.45, 7) is 3.75. The fourth-order valence-electron chi connectivity index (χ4n) is 2.88. The Morgan fingerprint density at radius 3 is 2.96 bits per heavy atom. The molecule has 0 N–H and O–H groups in total. The van der Waals surface area contributed by atoms with E-state index in [4.69, 9.17) is 16.9 Å². The van der Waals surface area contributed by atoms with Gasteiger partial charge in [0.1, 0.15) is 0 Å². The Hall–Kier alpha value is -2.32. The fraction of sp³-hybridized carbons (Fsp3) is 0.353. The van der Waals surface area contributed by atoms with E-state index in [-0.39, 0.29) is 0 Å². The van der Waals surface area contributed by atoms with Crippen molar-refractivity contribution in [1.29, 1.82) is 5.26 Å². The fourth-order valence-corrected chi connectivity index (χ4v) is 3.11. The first-order valence-electron chi connectivity index (χ1n) is 7.55. The predicted octanol–water partition coefficient (Wildman–Crippen LogP) is 3.03. The topological polar surface area (TPSA) is 56.1 Å². The highest BCUT2D eigenvalue weighted by molar-refractivity contribution is 6.31. The third-order valence-corrected chi connectivity index (χ3v) is 4.40. The summed E-state index contributed by atoms with van der Waals surface area (Å²) < 4.78 is 0. The maximum Gasteiger partial charge on any atom is 0.225 e. The van der Waals surface area contributed by atoms with Crippen LogP contribution in [0.25, 0.3) is 0 Å². The summed E-state index contributed by atoms with van der Waals surface area (Å²) in [5.41, 5.74) is 2.55. The number of aromatic nitrogens is 2. The minimum absolute atomic E-state index is 0.335. The molecule has 0 amide bonds. The van der Waals surface area contributed by atoms with Crippen LogP contribution >= 0.6 is 11.6 Å². The van der Waals surface area contributed by atoms with Crippen molar-refractivity contribution in [2.75, 3.05) is 29.9 Å². The number of hydrogen-bond donors (Lipinski definition) is 0. The molecule has 3 rings (SSSR count). The molecule has 1 saturated heterocycles. The van der Waals surface area contributed by atoms with Crippen LogP contribution in [0.2, 0.25) is 5.02 Å². The van der Waals surface area contributed by atoms with Gasteiger partial charge in [0.2, 0.25) is 5.95 Å². The van der Waals surface area contributed by atoms with Crippen molar-refractivity contribution in [3.8, 4) is 6.07 Å². The molecule has 1 aromatic heterocycles. The first-order valence-corrected chi connectivity index (χ1v) is 7.93. The van der Waals surface area contributed by atoms with Gasteiger partial charge in [-0.05, 0) is 37.6 Å². The molecule has 1 fully saturated rings. The smallest absolute Gasteiger partial charge is 0.225 e. The zero-order valence-corrected chi connectivity index (χ0v) is 14.0. The number of nitriles is 1. The van der Waals surface area contributed by atoms with E-state index in [9.17, 15) is 0 Å². The van der Waals surface area contributed by atoms with Crippen LogP contribution in [0.5, 0.6) is 0 Å². The Morgan fingerprint density at radius 1 is 1.39 bits per heavy atom. The highest BCUT2D eigenvalue weighted by Gasteiger charge is 2.27. The lowest BCUT2D eigenvalue weighted by Crippen LogP contribution is -2.35.